The molecule has 0 saturated carbocycles. The molecule has 2 aromatic carbocycles. The van der Waals surface area contributed by atoms with E-state index in [9.17, 15) is 4.79 Å². The van der Waals surface area contributed by atoms with Crippen molar-refractivity contribution in [1.29, 1.82) is 0 Å². The molecule has 1 unspecified atom stereocenters. The monoisotopic (exact) mass is 576 g/mol. The summed E-state index contributed by atoms with van der Waals surface area (Å²) in [7, 11) is 0. The third-order valence-electron chi connectivity index (χ3n) is 6.95. The number of hydrogen-bond donors (Lipinski definition) is 1. The Morgan fingerprint density at radius 3 is 2.05 bits per heavy atom. The second kappa shape index (κ2) is 16.7. The number of Topliss-reactive ketones (excluding diaryl/α,β-unsaturated/α-hetero) is 1. The number of nitrogens with zero attached hydrogens (tertiary/aromatic N) is 7. The van der Waals surface area contributed by atoms with E-state index in [0.29, 0.717) is 17.3 Å². The number of benzene rings is 2. The van der Waals surface area contributed by atoms with Gasteiger partial charge in [0.1, 0.15) is 0 Å². The van der Waals surface area contributed by atoms with Crippen LogP contribution in [0.15, 0.2) is 65.8 Å². The van der Waals surface area contributed by atoms with Gasteiger partial charge in [-0.2, -0.15) is 9.90 Å². The quantitative estimate of drug-likeness (QED) is 0.0528. The van der Waals surface area contributed by atoms with Crippen LogP contribution in [0.3, 0.4) is 0 Å². The van der Waals surface area contributed by atoms with Crippen molar-refractivity contribution in [3.8, 4) is 5.69 Å². The topological polar surface area (TPSA) is 124 Å². The lowest BCUT2D eigenvalue weighted by Crippen LogP contribution is -2.38. The van der Waals surface area contributed by atoms with Crippen LogP contribution in [0.2, 0.25) is 0 Å². The van der Waals surface area contributed by atoms with E-state index in [1.165, 1.54) is 57.8 Å². The lowest BCUT2D eigenvalue weighted by molar-refractivity contribution is 0.0171. The van der Waals surface area contributed by atoms with Gasteiger partial charge >= 0.3 is 0 Å². The van der Waals surface area contributed by atoms with E-state index in [0.717, 1.165) is 36.7 Å². The number of rotatable bonds is 20. The van der Waals surface area contributed by atoms with Gasteiger partial charge in [0.15, 0.2) is 0 Å². The largest absolute Gasteiger partial charge is 0.350 e. The van der Waals surface area contributed by atoms with Gasteiger partial charge in [-0.3, -0.25) is 4.79 Å². The molecular formula is C30H40N8O2S. The predicted octanol–water partition coefficient (Wildman–Crippen LogP) is 6.72. The number of carbonyl (C=O) groups excluding carboxylic acids is 1. The molecule has 11 heteroatoms. The highest BCUT2D eigenvalue weighted by molar-refractivity contribution is 8.00. The summed E-state index contributed by atoms with van der Waals surface area (Å²) >= 11 is 1.08. The minimum Gasteiger partial charge on any atom is -0.350 e. The molecule has 0 fully saturated rings. The Bertz CT molecular complexity index is 1270. The number of aromatic amines is 1. The van der Waals surface area contributed by atoms with Gasteiger partial charge < -0.3 is 4.74 Å². The van der Waals surface area contributed by atoms with Gasteiger partial charge in [-0.25, -0.2) is 0 Å². The van der Waals surface area contributed by atoms with E-state index in [1.807, 2.05) is 48.5 Å². The zero-order chi connectivity index (χ0) is 28.6. The van der Waals surface area contributed by atoms with Crippen LogP contribution in [0.25, 0.3) is 5.69 Å². The zero-order valence-electron chi connectivity index (χ0n) is 23.8. The summed E-state index contributed by atoms with van der Waals surface area (Å²) in [5.41, 5.74) is 1.23. The summed E-state index contributed by atoms with van der Waals surface area (Å²) in [4.78, 5) is 12.5. The van der Waals surface area contributed by atoms with Crippen molar-refractivity contribution in [2.24, 2.45) is 0 Å². The third kappa shape index (κ3) is 8.77. The molecule has 4 aromatic rings. The minimum absolute atomic E-state index is 0.123. The summed E-state index contributed by atoms with van der Waals surface area (Å²) in [6.45, 7) is 2.61. The standard InChI is InChI=1S/C30H40N8O2S/c1-2-3-4-5-6-7-8-9-10-11-12-19-24-40-30(28-31-34-35-32-28,27(39)25-20-15-13-16-21-25)41-29-33-36-37-38(29)26-22-17-14-18-23-26/h13-18,20-23H,2-12,19,24H2,1H3,(H,31,32,34,35). The number of ketones is 1. The Morgan fingerprint density at radius 1 is 0.829 bits per heavy atom. The van der Waals surface area contributed by atoms with Crippen LogP contribution in [0.5, 0.6) is 0 Å². The van der Waals surface area contributed by atoms with E-state index < -0.39 is 4.93 Å². The summed E-state index contributed by atoms with van der Waals surface area (Å²) in [6.07, 6.45) is 14.8. The van der Waals surface area contributed by atoms with Crippen LogP contribution in [0.1, 0.15) is 100 Å². The fraction of sp³-hybridized carbons (Fsp3) is 0.500. The Balaban J connectivity index is 1.42. The van der Waals surface area contributed by atoms with Crippen molar-refractivity contribution >= 4 is 17.5 Å². The van der Waals surface area contributed by atoms with Gasteiger partial charge in [-0.1, -0.05) is 131 Å². The van der Waals surface area contributed by atoms with Crippen molar-refractivity contribution in [2.75, 3.05) is 6.61 Å². The highest BCUT2D eigenvalue weighted by Gasteiger charge is 2.49. The lowest BCUT2D eigenvalue weighted by Gasteiger charge is -2.28. The van der Waals surface area contributed by atoms with Gasteiger partial charge in [0.2, 0.25) is 21.7 Å². The molecule has 10 nitrogen and oxygen atoms in total. The summed E-state index contributed by atoms with van der Waals surface area (Å²) < 4.78 is 8.04. The molecule has 0 aliphatic rings. The molecule has 4 rings (SSSR count). The Morgan fingerprint density at radius 2 is 1.44 bits per heavy atom. The average molecular weight is 577 g/mol. The smallest absolute Gasteiger partial charge is 0.248 e. The van der Waals surface area contributed by atoms with Crippen molar-refractivity contribution in [3.63, 3.8) is 0 Å². The highest BCUT2D eigenvalue weighted by atomic mass is 32.2. The van der Waals surface area contributed by atoms with E-state index in [2.05, 4.69) is 43.1 Å². The van der Waals surface area contributed by atoms with Crippen molar-refractivity contribution < 1.29 is 9.53 Å². The first kappa shape index (κ1) is 30.5. The Labute approximate surface area is 246 Å². The molecular weight excluding hydrogens is 536 g/mol. The first-order valence-electron chi connectivity index (χ1n) is 14.7. The maximum Gasteiger partial charge on any atom is 0.248 e. The first-order chi connectivity index (χ1) is 20.2. The van der Waals surface area contributed by atoms with E-state index >= 15 is 0 Å². The van der Waals surface area contributed by atoms with Gasteiger partial charge in [-0.15, -0.1) is 15.3 Å². The van der Waals surface area contributed by atoms with E-state index in [1.54, 1.807) is 16.8 Å². The van der Waals surface area contributed by atoms with Crippen molar-refractivity contribution in [2.45, 2.75) is 94.1 Å². The van der Waals surface area contributed by atoms with Crippen LogP contribution in [0.4, 0.5) is 0 Å². The number of ether oxygens (including phenoxy) is 1. The highest BCUT2D eigenvalue weighted by Crippen LogP contribution is 2.43. The number of nitrogens with one attached hydrogen (secondary N) is 1. The van der Waals surface area contributed by atoms with E-state index in [-0.39, 0.29) is 11.6 Å². The maximum absolute atomic E-state index is 14.1. The predicted molar refractivity (Wildman–Crippen MR) is 159 cm³/mol. The molecule has 0 aliphatic carbocycles. The second-order valence-electron chi connectivity index (χ2n) is 10.1. The average Bonchev–Trinajstić information content (AvgIpc) is 3.73. The number of carbonyl (C=O) groups is 1. The number of aromatic nitrogens is 8. The molecule has 41 heavy (non-hydrogen) atoms. The molecule has 0 amide bonds. The van der Waals surface area contributed by atoms with E-state index in [4.69, 9.17) is 4.74 Å². The molecule has 0 spiro atoms. The molecule has 1 atom stereocenters. The number of H-pyrrole nitrogens is 1. The van der Waals surface area contributed by atoms with Gasteiger partial charge in [-0.05, 0) is 40.7 Å². The lowest BCUT2D eigenvalue weighted by atomic mass is 10.0. The molecule has 1 N–H and O–H groups in total. The number of para-hydroxylation sites is 1. The molecule has 0 saturated heterocycles. The number of unbranched alkanes of at least 4 members (excludes halogenated alkanes) is 11. The zero-order valence-corrected chi connectivity index (χ0v) is 24.6. The van der Waals surface area contributed by atoms with Crippen LogP contribution in [0, 0.1) is 0 Å². The number of hydrogen-bond acceptors (Lipinski definition) is 9. The Hall–Kier alpha value is -3.44. The molecule has 2 aromatic heterocycles. The summed E-state index contributed by atoms with van der Waals surface area (Å²) in [5, 5.41) is 27.3. The van der Waals surface area contributed by atoms with Gasteiger partial charge in [0.25, 0.3) is 0 Å². The molecule has 0 aliphatic heterocycles. The van der Waals surface area contributed by atoms with Gasteiger partial charge in [0, 0.05) is 12.2 Å². The second-order valence-corrected chi connectivity index (χ2v) is 11.2. The van der Waals surface area contributed by atoms with Crippen LogP contribution in [-0.2, 0) is 9.67 Å². The van der Waals surface area contributed by atoms with Gasteiger partial charge in [0.05, 0.1) is 5.69 Å². The normalized spacial score (nSPS) is 12.8. The molecule has 2 heterocycles. The maximum atomic E-state index is 14.1. The third-order valence-corrected chi connectivity index (χ3v) is 8.16. The molecule has 0 radical (unpaired) electrons. The number of thioether (sulfide) groups is 1. The molecule has 0 bridgehead atoms. The Kier molecular flexibility index (Phi) is 12.5. The minimum atomic E-state index is -1.63. The van der Waals surface area contributed by atoms with Crippen LogP contribution in [-0.4, -0.2) is 53.2 Å². The number of tetrazole rings is 2. The summed E-state index contributed by atoms with van der Waals surface area (Å²) in [5.74, 6) is -0.177. The molecule has 218 valence electrons. The fourth-order valence-electron chi connectivity index (χ4n) is 4.70. The SMILES string of the molecule is CCCCCCCCCCCCCCOC(Sc1nnnn1-c1ccccc1)(C(=O)c1ccccc1)c1nn[nH]n1. The van der Waals surface area contributed by atoms with Crippen molar-refractivity contribution in [3.05, 3.63) is 72.1 Å². The van der Waals surface area contributed by atoms with Crippen molar-refractivity contribution in [1.82, 2.24) is 40.8 Å². The van der Waals surface area contributed by atoms with Crippen LogP contribution >= 0.6 is 11.8 Å². The summed E-state index contributed by atoms with van der Waals surface area (Å²) in [6, 6.07) is 18.5. The van der Waals surface area contributed by atoms with Crippen LogP contribution < -0.4 is 0 Å². The first-order valence-corrected chi connectivity index (χ1v) is 15.6. The fourth-order valence-corrected chi connectivity index (χ4v) is 5.79.